The molecule has 31 heavy (non-hydrogen) atoms. The Morgan fingerprint density at radius 3 is 1.65 bits per heavy atom. The quantitative estimate of drug-likeness (QED) is 0.231. The lowest BCUT2D eigenvalue weighted by Crippen LogP contribution is -1.96. The highest BCUT2D eigenvalue weighted by atomic mass is 127. The number of halogens is 1. The molecule has 0 saturated carbocycles. The predicted molar refractivity (Wildman–Crippen MR) is 136 cm³/mol. The first-order valence-corrected chi connectivity index (χ1v) is 11.2. The van der Waals surface area contributed by atoms with E-state index in [4.69, 9.17) is 9.97 Å². The van der Waals surface area contributed by atoms with E-state index >= 15 is 0 Å². The number of hydrogen-bond acceptors (Lipinski definition) is 2. The molecule has 0 aliphatic rings. The Balaban J connectivity index is 1.65. The normalized spacial score (nSPS) is 10.7. The van der Waals surface area contributed by atoms with Crippen molar-refractivity contribution in [3.63, 3.8) is 0 Å². The van der Waals surface area contributed by atoms with Gasteiger partial charge in [0.2, 0.25) is 0 Å². The van der Waals surface area contributed by atoms with E-state index in [1.165, 1.54) is 14.7 Å². The van der Waals surface area contributed by atoms with Crippen LogP contribution < -0.4 is 0 Å². The van der Waals surface area contributed by atoms with Crippen molar-refractivity contribution in [2.75, 3.05) is 0 Å². The second-order valence-corrected chi connectivity index (χ2v) is 8.53. The maximum atomic E-state index is 4.94. The van der Waals surface area contributed by atoms with Crippen molar-refractivity contribution < 1.29 is 0 Å². The van der Waals surface area contributed by atoms with Crippen molar-refractivity contribution in [3.05, 3.63) is 119 Å². The number of hydrogen-bond donors (Lipinski definition) is 0. The average molecular weight is 510 g/mol. The summed E-state index contributed by atoms with van der Waals surface area (Å²) in [6.07, 6.45) is 0. The third-order valence-corrected chi connectivity index (χ3v) is 5.88. The summed E-state index contributed by atoms with van der Waals surface area (Å²) in [6, 6.07) is 39.6. The van der Waals surface area contributed by atoms with E-state index in [2.05, 4.69) is 101 Å². The van der Waals surface area contributed by atoms with Gasteiger partial charge in [0.05, 0.1) is 11.4 Å². The van der Waals surface area contributed by atoms with Crippen LogP contribution in [0.3, 0.4) is 0 Å². The van der Waals surface area contributed by atoms with E-state index < -0.39 is 0 Å². The van der Waals surface area contributed by atoms with Crippen LogP contribution in [0.1, 0.15) is 0 Å². The molecule has 0 unspecified atom stereocenters. The van der Waals surface area contributed by atoms with E-state index in [0.717, 1.165) is 33.9 Å². The summed E-state index contributed by atoms with van der Waals surface area (Å²) in [4.78, 5) is 9.81. The molecular weight excluding hydrogens is 491 g/mol. The molecule has 0 spiro atoms. The fraction of sp³-hybridized carbons (Fsp3) is 0. The molecule has 3 heteroatoms. The van der Waals surface area contributed by atoms with Crippen molar-refractivity contribution in [3.8, 4) is 45.0 Å². The van der Waals surface area contributed by atoms with E-state index in [1.807, 2.05) is 36.4 Å². The minimum atomic E-state index is 0.733. The first kappa shape index (κ1) is 19.6. The van der Waals surface area contributed by atoms with Crippen LogP contribution in [-0.4, -0.2) is 9.97 Å². The third-order valence-electron chi connectivity index (χ3n) is 5.16. The largest absolute Gasteiger partial charge is 0.228 e. The SMILES string of the molecule is Ic1ccc(-c2cccc(-c3cc(-c4ccccc4)nc(-c4ccccc4)n3)c2)cc1. The minimum absolute atomic E-state index is 0.733. The Bertz CT molecular complexity index is 1260. The summed E-state index contributed by atoms with van der Waals surface area (Å²) in [5.41, 5.74) is 7.38. The fourth-order valence-corrected chi connectivity index (χ4v) is 3.93. The second-order valence-electron chi connectivity index (χ2n) is 7.28. The summed E-state index contributed by atoms with van der Waals surface area (Å²) < 4.78 is 1.23. The van der Waals surface area contributed by atoms with Crippen LogP contribution >= 0.6 is 22.6 Å². The summed E-state index contributed by atoms with van der Waals surface area (Å²) in [7, 11) is 0. The monoisotopic (exact) mass is 510 g/mol. The number of benzene rings is 4. The Labute approximate surface area is 195 Å². The highest BCUT2D eigenvalue weighted by molar-refractivity contribution is 14.1. The second kappa shape index (κ2) is 8.82. The number of aromatic nitrogens is 2. The molecule has 1 aromatic heterocycles. The van der Waals surface area contributed by atoms with Crippen LogP contribution in [0.25, 0.3) is 45.0 Å². The van der Waals surface area contributed by atoms with Crippen molar-refractivity contribution in [1.29, 1.82) is 0 Å². The van der Waals surface area contributed by atoms with E-state index in [1.54, 1.807) is 0 Å². The van der Waals surface area contributed by atoms with Gasteiger partial charge in [-0.05, 0) is 58.0 Å². The van der Waals surface area contributed by atoms with Crippen LogP contribution in [-0.2, 0) is 0 Å². The Hall–Kier alpha value is -3.31. The molecule has 0 fully saturated rings. The highest BCUT2D eigenvalue weighted by Crippen LogP contribution is 2.30. The van der Waals surface area contributed by atoms with Gasteiger partial charge in [0, 0.05) is 20.3 Å². The van der Waals surface area contributed by atoms with E-state index in [-0.39, 0.29) is 0 Å². The van der Waals surface area contributed by atoms with Crippen LogP contribution in [0.4, 0.5) is 0 Å². The zero-order valence-electron chi connectivity index (χ0n) is 16.7. The van der Waals surface area contributed by atoms with Gasteiger partial charge in [-0.2, -0.15) is 0 Å². The Morgan fingerprint density at radius 2 is 0.968 bits per heavy atom. The molecule has 0 saturated heterocycles. The van der Waals surface area contributed by atoms with Gasteiger partial charge in [-0.1, -0.05) is 91.0 Å². The molecule has 2 nitrogen and oxygen atoms in total. The molecule has 0 amide bonds. The van der Waals surface area contributed by atoms with Crippen molar-refractivity contribution in [1.82, 2.24) is 9.97 Å². The number of rotatable bonds is 4. The lowest BCUT2D eigenvalue weighted by atomic mass is 10.0. The highest BCUT2D eigenvalue weighted by Gasteiger charge is 2.11. The van der Waals surface area contributed by atoms with Gasteiger partial charge < -0.3 is 0 Å². The first-order valence-electron chi connectivity index (χ1n) is 10.1. The van der Waals surface area contributed by atoms with E-state index in [0.29, 0.717) is 0 Å². The topological polar surface area (TPSA) is 25.8 Å². The predicted octanol–water partition coefficient (Wildman–Crippen LogP) is 7.75. The van der Waals surface area contributed by atoms with Gasteiger partial charge in [0.15, 0.2) is 5.82 Å². The van der Waals surface area contributed by atoms with Crippen LogP contribution in [0.5, 0.6) is 0 Å². The smallest absolute Gasteiger partial charge is 0.160 e. The maximum absolute atomic E-state index is 4.94. The van der Waals surface area contributed by atoms with Gasteiger partial charge in [-0.15, -0.1) is 0 Å². The molecule has 0 atom stereocenters. The molecule has 5 rings (SSSR count). The summed E-state index contributed by atoms with van der Waals surface area (Å²) in [5.74, 6) is 0.733. The molecule has 0 N–H and O–H groups in total. The molecule has 0 radical (unpaired) electrons. The molecule has 0 aliphatic carbocycles. The molecule has 5 aromatic rings. The zero-order valence-corrected chi connectivity index (χ0v) is 18.9. The van der Waals surface area contributed by atoms with Crippen molar-refractivity contribution in [2.45, 2.75) is 0 Å². The van der Waals surface area contributed by atoms with Crippen LogP contribution in [0.15, 0.2) is 115 Å². The number of nitrogens with zero attached hydrogens (tertiary/aromatic N) is 2. The molecule has 0 bridgehead atoms. The summed E-state index contributed by atoms with van der Waals surface area (Å²) >= 11 is 2.33. The molecule has 0 aliphatic heterocycles. The van der Waals surface area contributed by atoms with Gasteiger partial charge in [-0.3, -0.25) is 0 Å². The van der Waals surface area contributed by atoms with Crippen LogP contribution in [0.2, 0.25) is 0 Å². The molecule has 4 aromatic carbocycles. The summed E-state index contributed by atoms with van der Waals surface area (Å²) in [5, 5.41) is 0. The van der Waals surface area contributed by atoms with Crippen molar-refractivity contribution >= 4 is 22.6 Å². The zero-order chi connectivity index (χ0) is 21.0. The molecule has 148 valence electrons. The van der Waals surface area contributed by atoms with Gasteiger partial charge >= 0.3 is 0 Å². The Morgan fingerprint density at radius 1 is 0.419 bits per heavy atom. The van der Waals surface area contributed by atoms with Gasteiger partial charge in [-0.25, -0.2) is 9.97 Å². The molecule has 1 heterocycles. The summed E-state index contributed by atoms with van der Waals surface area (Å²) in [6.45, 7) is 0. The van der Waals surface area contributed by atoms with Gasteiger partial charge in [0.25, 0.3) is 0 Å². The minimum Gasteiger partial charge on any atom is -0.228 e. The standard InChI is InChI=1S/C28H19IN2/c29-25-16-14-20(15-17-25)23-12-7-13-24(18-23)27-19-26(21-8-3-1-4-9-21)30-28(31-27)22-10-5-2-6-11-22/h1-19H. The third kappa shape index (κ3) is 4.42. The van der Waals surface area contributed by atoms with E-state index in [9.17, 15) is 0 Å². The Kier molecular flexibility index (Phi) is 5.59. The lowest BCUT2D eigenvalue weighted by molar-refractivity contribution is 1.18. The van der Waals surface area contributed by atoms with Gasteiger partial charge in [0.1, 0.15) is 0 Å². The molecular formula is C28H19IN2. The average Bonchev–Trinajstić information content (AvgIpc) is 2.85. The maximum Gasteiger partial charge on any atom is 0.160 e. The lowest BCUT2D eigenvalue weighted by Gasteiger charge is -2.10. The fourth-order valence-electron chi connectivity index (χ4n) is 3.57. The first-order chi connectivity index (χ1) is 15.3. The van der Waals surface area contributed by atoms with Crippen molar-refractivity contribution in [2.24, 2.45) is 0 Å². The van der Waals surface area contributed by atoms with Crippen LogP contribution in [0, 0.1) is 3.57 Å².